The molecule has 104 valence electrons. The Labute approximate surface area is 115 Å². The minimum atomic E-state index is -0.236. The Morgan fingerprint density at radius 1 is 1.26 bits per heavy atom. The topological polar surface area (TPSA) is 55.1 Å². The molecule has 1 saturated carbocycles. The van der Waals surface area contributed by atoms with Gasteiger partial charge in [-0.15, -0.1) is 0 Å². The summed E-state index contributed by atoms with van der Waals surface area (Å²) < 4.78 is 0. The lowest BCUT2D eigenvalue weighted by Gasteiger charge is -2.35. The van der Waals surface area contributed by atoms with Crippen LogP contribution in [0.2, 0.25) is 0 Å². The van der Waals surface area contributed by atoms with E-state index >= 15 is 0 Å². The van der Waals surface area contributed by atoms with Crippen LogP contribution in [0.5, 0.6) is 0 Å². The summed E-state index contributed by atoms with van der Waals surface area (Å²) in [5.41, 5.74) is 6.75. The first-order valence-electron chi connectivity index (χ1n) is 7.22. The van der Waals surface area contributed by atoms with Gasteiger partial charge in [0.15, 0.2) is 0 Å². The van der Waals surface area contributed by atoms with Crippen molar-refractivity contribution in [3.63, 3.8) is 0 Å². The van der Waals surface area contributed by atoms with Crippen molar-refractivity contribution in [2.45, 2.75) is 50.5 Å². The van der Waals surface area contributed by atoms with E-state index in [0.29, 0.717) is 6.54 Å². The molecule has 0 spiro atoms. The Morgan fingerprint density at radius 3 is 2.47 bits per heavy atom. The van der Waals surface area contributed by atoms with Crippen molar-refractivity contribution >= 4 is 5.91 Å². The Kier molecular flexibility index (Phi) is 4.59. The first-order valence-corrected chi connectivity index (χ1v) is 7.22. The number of nitrogens with two attached hydrogens (primary N) is 1. The maximum absolute atomic E-state index is 12.5. The van der Waals surface area contributed by atoms with Gasteiger partial charge in [-0.05, 0) is 25.3 Å². The second kappa shape index (κ2) is 6.20. The molecule has 1 unspecified atom stereocenters. The fourth-order valence-electron chi connectivity index (χ4n) is 2.92. The highest BCUT2D eigenvalue weighted by atomic mass is 16.2. The van der Waals surface area contributed by atoms with Gasteiger partial charge in [0.05, 0.1) is 5.92 Å². The molecule has 2 rings (SSSR count). The molecule has 1 aliphatic rings. The Hall–Kier alpha value is -1.35. The molecule has 0 radical (unpaired) electrons. The number of benzene rings is 1. The summed E-state index contributed by atoms with van der Waals surface area (Å²) >= 11 is 0. The van der Waals surface area contributed by atoms with Crippen LogP contribution in [0.3, 0.4) is 0 Å². The van der Waals surface area contributed by atoms with Gasteiger partial charge >= 0.3 is 0 Å². The van der Waals surface area contributed by atoms with Crippen molar-refractivity contribution in [3.05, 3.63) is 35.9 Å². The summed E-state index contributed by atoms with van der Waals surface area (Å²) in [6, 6.07) is 9.80. The van der Waals surface area contributed by atoms with Crippen LogP contribution in [0.25, 0.3) is 0 Å². The van der Waals surface area contributed by atoms with Gasteiger partial charge in [0.1, 0.15) is 0 Å². The highest BCUT2D eigenvalue weighted by Gasteiger charge is 2.31. The quantitative estimate of drug-likeness (QED) is 0.874. The molecule has 19 heavy (non-hydrogen) atoms. The SMILES string of the molecule is CC1(NC(=O)C(CN)c2ccccc2)CCCCC1. The summed E-state index contributed by atoms with van der Waals surface area (Å²) in [5, 5.41) is 3.23. The molecule has 1 aromatic rings. The molecule has 0 saturated heterocycles. The third kappa shape index (κ3) is 3.57. The minimum absolute atomic E-state index is 0.0441. The molecular formula is C16H24N2O. The fourth-order valence-corrected chi connectivity index (χ4v) is 2.92. The molecule has 0 heterocycles. The van der Waals surface area contributed by atoms with Crippen molar-refractivity contribution < 1.29 is 4.79 Å². The van der Waals surface area contributed by atoms with Crippen LogP contribution in [0, 0.1) is 0 Å². The van der Waals surface area contributed by atoms with Gasteiger partial charge in [-0.3, -0.25) is 4.79 Å². The smallest absolute Gasteiger partial charge is 0.229 e. The van der Waals surface area contributed by atoms with E-state index in [9.17, 15) is 4.79 Å². The molecule has 3 N–H and O–H groups in total. The molecule has 3 heteroatoms. The number of nitrogens with one attached hydrogen (secondary N) is 1. The molecule has 1 aliphatic carbocycles. The van der Waals surface area contributed by atoms with E-state index in [4.69, 9.17) is 5.73 Å². The van der Waals surface area contributed by atoms with Gasteiger partial charge in [0.2, 0.25) is 5.91 Å². The number of hydrogen-bond donors (Lipinski definition) is 2. The zero-order valence-electron chi connectivity index (χ0n) is 11.7. The summed E-state index contributed by atoms with van der Waals surface area (Å²) in [6.45, 7) is 2.51. The van der Waals surface area contributed by atoms with Crippen molar-refractivity contribution in [3.8, 4) is 0 Å². The van der Waals surface area contributed by atoms with Crippen LogP contribution in [-0.4, -0.2) is 18.0 Å². The molecule has 0 aliphatic heterocycles. The van der Waals surface area contributed by atoms with E-state index < -0.39 is 0 Å². The monoisotopic (exact) mass is 260 g/mol. The summed E-state index contributed by atoms with van der Waals surface area (Å²) in [7, 11) is 0. The standard InChI is InChI=1S/C16H24N2O/c1-16(10-6-3-7-11-16)18-15(19)14(12-17)13-8-4-2-5-9-13/h2,4-5,8-9,14H,3,6-7,10-12,17H2,1H3,(H,18,19). The first-order chi connectivity index (χ1) is 9.14. The van der Waals surface area contributed by atoms with Crippen LogP contribution < -0.4 is 11.1 Å². The van der Waals surface area contributed by atoms with E-state index in [1.807, 2.05) is 30.3 Å². The highest BCUT2D eigenvalue weighted by molar-refractivity contribution is 5.84. The second-order valence-electron chi connectivity index (χ2n) is 5.81. The molecule has 1 atom stereocenters. The highest BCUT2D eigenvalue weighted by Crippen LogP contribution is 2.28. The average molecular weight is 260 g/mol. The molecular weight excluding hydrogens is 236 g/mol. The number of carbonyl (C=O) groups excluding carboxylic acids is 1. The summed E-state index contributed by atoms with van der Waals surface area (Å²) in [4.78, 5) is 12.5. The number of amides is 1. The fraction of sp³-hybridized carbons (Fsp3) is 0.562. The maximum Gasteiger partial charge on any atom is 0.229 e. The third-order valence-electron chi connectivity index (χ3n) is 4.14. The average Bonchev–Trinajstić information content (AvgIpc) is 2.41. The molecule has 1 fully saturated rings. The molecule has 1 aromatic carbocycles. The third-order valence-corrected chi connectivity index (χ3v) is 4.14. The lowest BCUT2D eigenvalue weighted by molar-refractivity contribution is -0.124. The zero-order valence-corrected chi connectivity index (χ0v) is 11.7. The number of rotatable bonds is 4. The molecule has 0 bridgehead atoms. The zero-order chi connectivity index (χ0) is 13.7. The van der Waals surface area contributed by atoms with E-state index in [1.54, 1.807) is 0 Å². The van der Waals surface area contributed by atoms with Crippen molar-refractivity contribution in [1.82, 2.24) is 5.32 Å². The predicted octanol–water partition coefficient (Wildman–Crippen LogP) is 2.57. The van der Waals surface area contributed by atoms with Crippen molar-refractivity contribution in [2.75, 3.05) is 6.54 Å². The van der Waals surface area contributed by atoms with Crippen LogP contribution in [0.15, 0.2) is 30.3 Å². The minimum Gasteiger partial charge on any atom is -0.350 e. The van der Waals surface area contributed by atoms with Gasteiger partial charge < -0.3 is 11.1 Å². The number of carbonyl (C=O) groups is 1. The van der Waals surface area contributed by atoms with E-state index in [2.05, 4.69) is 12.2 Å². The van der Waals surface area contributed by atoms with Crippen molar-refractivity contribution in [2.24, 2.45) is 5.73 Å². The predicted molar refractivity (Wildman–Crippen MR) is 77.9 cm³/mol. The van der Waals surface area contributed by atoms with E-state index in [1.165, 1.54) is 19.3 Å². The largest absolute Gasteiger partial charge is 0.350 e. The summed E-state index contributed by atoms with van der Waals surface area (Å²) in [5.74, 6) is -0.168. The molecule has 1 amide bonds. The van der Waals surface area contributed by atoms with Gasteiger partial charge in [-0.1, -0.05) is 49.6 Å². The van der Waals surface area contributed by atoms with E-state index in [0.717, 1.165) is 18.4 Å². The Morgan fingerprint density at radius 2 is 1.89 bits per heavy atom. The van der Waals surface area contributed by atoms with Crippen LogP contribution >= 0.6 is 0 Å². The number of hydrogen-bond acceptors (Lipinski definition) is 2. The maximum atomic E-state index is 12.5. The van der Waals surface area contributed by atoms with Gasteiger partial charge in [-0.2, -0.15) is 0 Å². The molecule has 3 nitrogen and oxygen atoms in total. The molecule has 0 aromatic heterocycles. The normalized spacial score (nSPS) is 19.7. The lowest BCUT2D eigenvalue weighted by atomic mass is 9.82. The Bertz CT molecular complexity index is 410. The lowest BCUT2D eigenvalue weighted by Crippen LogP contribution is -2.49. The van der Waals surface area contributed by atoms with Gasteiger partial charge in [0, 0.05) is 12.1 Å². The first kappa shape index (κ1) is 14.1. The second-order valence-corrected chi connectivity index (χ2v) is 5.81. The summed E-state index contributed by atoms with van der Waals surface area (Å²) in [6.07, 6.45) is 5.84. The van der Waals surface area contributed by atoms with Gasteiger partial charge in [-0.25, -0.2) is 0 Å². The van der Waals surface area contributed by atoms with Crippen LogP contribution in [0.1, 0.15) is 50.5 Å². The van der Waals surface area contributed by atoms with Crippen LogP contribution in [-0.2, 0) is 4.79 Å². The Balaban J connectivity index is 2.05. The van der Waals surface area contributed by atoms with Crippen LogP contribution in [0.4, 0.5) is 0 Å². The van der Waals surface area contributed by atoms with E-state index in [-0.39, 0.29) is 17.4 Å². The van der Waals surface area contributed by atoms with Gasteiger partial charge in [0.25, 0.3) is 0 Å². The van der Waals surface area contributed by atoms with Crippen molar-refractivity contribution in [1.29, 1.82) is 0 Å².